The fourth-order valence-corrected chi connectivity index (χ4v) is 1.89. The highest BCUT2D eigenvalue weighted by Crippen LogP contribution is 2.06. The summed E-state index contributed by atoms with van der Waals surface area (Å²) in [6.07, 6.45) is 1.61. The van der Waals surface area contributed by atoms with Gasteiger partial charge in [-0.3, -0.25) is 10.6 Å². The molecule has 0 heterocycles. The van der Waals surface area contributed by atoms with Gasteiger partial charge in [0, 0.05) is 13.1 Å². The fraction of sp³-hybridized carbons (Fsp3) is 0.500. The molecule has 1 aromatic carbocycles. The van der Waals surface area contributed by atoms with Crippen molar-refractivity contribution in [3.63, 3.8) is 0 Å². The second-order valence-electron chi connectivity index (χ2n) is 4.76. The molecular formula is C16H22N4. The van der Waals surface area contributed by atoms with Gasteiger partial charge in [-0.2, -0.15) is 10.5 Å². The summed E-state index contributed by atoms with van der Waals surface area (Å²) in [5, 5.41) is 24.2. The highest BCUT2D eigenvalue weighted by Gasteiger charge is 2.05. The molecule has 0 aliphatic carbocycles. The number of hydrogen-bond acceptors (Lipinski definition) is 4. The molecule has 0 radical (unpaired) electrons. The molecule has 20 heavy (non-hydrogen) atoms. The van der Waals surface area contributed by atoms with Crippen molar-refractivity contribution in [3.8, 4) is 12.1 Å². The highest BCUT2D eigenvalue weighted by molar-refractivity contribution is 5.23. The average molecular weight is 270 g/mol. The summed E-state index contributed by atoms with van der Waals surface area (Å²) < 4.78 is 0. The third-order valence-electron chi connectivity index (χ3n) is 3.22. The van der Waals surface area contributed by atoms with E-state index in [0.717, 1.165) is 24.0 Å². The predicted molar refractivity (Wildman–Crippen MR) is 79.5 cm³/mol. The van der Waals surface area contributed by atoms with Crippen molar-refractivity contribution in [3.05, 3.63) is 35.4 Å². The van der Waals surface area contributed by atoms with E-state index in [1.165, 1.54) is 0 Å². The Labute approximate surface area is 121 Å². The molecule has 4 heteroatoms. The van der Waals surface area contributed by atoms with Crippen molar-refractivity contribution in [1.82, 2.24) is 10.6 Å². The Morgan fingerprint density at radius 3 is 1.75 bits per heavy atom. The molecule has 1 aromatic rings. The molecule has 0 saturated carbocycles. The van der Waals surface area contributed by atoms with Crippen LogP contribution < -0.4 is 10.6 Å². The maximum Gasteiger partial charge on any atom is 0.0952 e. The van der Waals surface area contributed by atoms with Crippen LogP contribution in [0.2, 0.25) is 0 Å². The van der Waals surface area contributed by atoms with Gasteiger partial charge in [-0.25, -0.2) is 0 Å². The monoisotopic (exact) mass is 270 g/mol. The van der Waals surface area contributed by atoms with Crippen LogP contribution in [0.3, 0.4) is 0 Å². The molecule has 1 rings (SSSR count). The van der Waals surface area contributed by atoms with Gasteiger partial charge < -0.3 is 0 Å². The Bertz CT molecular complexity index is 443. The number of benzene rings is 1. The number of hydrogen-bond donors (Lipinski definition) is 2. The third kappa shape index (κ3) is 5.40. The zero-order valence-electron chi connectivity index (χ0n) is 12.2. The predicted octanol–water partition coefficient (Wildman–Crippen LogP) is 2.47. The van der Waals surface area contributed by atoms with Crippen LogP contribution in [0.15, 0.2) is 24.3 Å². The van der Waals surface area contributed by atoms with Gasteiger partial charge >= 0.3 is 0 Å². The second kappa shape index (κ2) is 9.09. The van der Waals surface area contributed by atoms with E-state index >= 15 is 0 Å². The van der Waals surface area contributed by atoms with Crippen LogP contribution in [0.4, 0.5) is 0 Å². The van der Waals surface area contributed by atoms with Crippen molar-refractivity contribution in [1.29, 1.82) is 10.5 Å². The van der Waals surface area contributed by atoms with Crippen molar-refractivity contribution < 1.29 is 0 Å². The zero-order valence-corrected chi connectivity index (χ0v) is 12.2. The van der Waals surface area contributed by atoms with Gasteiger partial charge in [0.15, 0.2) is 0 Å². The van der Waals surface area contributed by atoms with Crippen LogP contribution in [0.1, 0.15) is 37.8 Å². The molecule has 0 aliphatic heterocycles. The van der Waals surface area contributed by atoms with Crippen LogP contribution in [0, 0.1) is 22.7 Å². The van der Waals surface area contributed by atoms with Crippen molar-refractivity contribution in [2.24, 2.45) is 0 Å². The first-order valence-corrected chi connectivity index (χ1v) is 7.07. The van der Waals surface area contributed by atoms with E-state index in [9.17, 15) is 0 Å². The lowest BCUT2D eigenvalue weighted by atomic mass is 10.1. The Hall–Kier alpha value is -1.88. The molecule has 2 atom stereocenters. The van der Waals surface area contributed by atoms with Gasteiger partial charge in [0.05, 0.1) is 24.2 Å². The molecule has 0 saturated heterocycles. The Morgan fingerprint density at radius 2 is 1.40 bits per heavy atom. The zero-order chi connectivity index (χ0) is 14.8. The Morgan fingerprint density at radius 1 is 0.950 bits per heavy atom. The van der Waals surface area contributed by atoms with Crippen LogP contribution in [0.25, 0.3) is 0 Å². The number of rotatable bonds is 8. The average Bonchev–Trinajstić information content (AvgIpc) is 2.50. The molecule has 0 bridgehead atoms. The lowest BCUT2D eigenvalue weighted by Gasteiger charge is -2.12. The minimum Gasteiger partial charge on any atom is -0.298 e. The van der Waals surface area contributed by atoms with Crippen LogP contribution >= 0.6 is 0 Å². The van der Waals surface area contributed by atoms with Gasteiger partial charge in [0.1, 0.15) is 0 Å². The molecular weight excluding hydrogens is 248 g/mol. The SMILES string of the molecule is CC[C@@H](C#N)NCc1cccc(CN[C@H](C#N)CC)c1. The topological polar surface area (TPSA) is 71.6 Å². The molecule has 106 valence electrons. The van der Waals surface area contributed by atoms with Crippen molar-refractivity contribution in [2.45, 2.75) is 51.9 Å². The molecule has 0 aromatic heterocycles. The van der Waals surface area contributed by atoms with E-state index in [4.69, 9.17) is 10.5 Å². The molecule has 0 unspecified atom stereocenters. The molecule has 4 nitrogen and oxygen atoms in total. The summed E-state index contributed by atoms with van der Waals surface area (Å²) >= 11 is 0. The van der Waals surface area contributed by atoms with E-state index in [0.29, 0.717) is 13.1 Å². The van der Waals surface area contributed by atoms with E-state index in [2.05, 4.69) is 28.8 Å². The first-order valence-electron chi connectivity index (χ1n) is 7.07. The van der Waals surface area contributed by atoms with Gasteiger partial charge in [-0.15, -0.1) is 0 Å². The van der Waals surface area contributed by atoms with Gasteiger partial charge in [0.2, 0.25) is 0 Å². The summed E-state index contributed by atoms with van der Waals surface area (Å²) in [5.74, 6) is 0. The minimum absolute atomic E-state index is 0.0974. The van der Waals surface area contributed by atoms with Gasteiger partial charge in [0.25, 0.3) is 0 Å². The molecule has 0 spiro atoms. The minimum atomic E-state index is -0.0974. The lowest BCUT2D eigenvalue weighted by molar-refractivity contribution is 0.580. The quantitative estimate of drug-likeness (QED) is 0.761. The maximum atomic E-state index is 8.91. The Kier molecular flexibility index (Phi) is 7.35. The fourth-order valence-electron chi connectivity index (χ4n) is 1.89. The molecule has 0 amide bonds. The highest BCUT2D eigenvalue weighted by atomic mass is 14.9. The molecule has 0 aliphatic rings. The lowest BCUT2D eigenvalue weighted by Crippen LogP contribution is -2.27. The van der Waals surface area contributed by atoms with Crippen LogP contribution in [0.5, 0.6) is 0 Å². The summed E-state index contributed by atoms with van der Waals surface area (Å²) in [6.45, 7) is 5.37. The molecule has 2 N–H and O–H groups in total. The standard InChI is InChI=1S/C16H22N4/c1-3-15(9-17)19-11-13-6-5-7-14(8-13)12-20-16(4-2)10-18/h5-8,15-16,19-20H,3-4,11-12H2,1-2H3/t15-,16-/m0/s1. The largest absolute Gasteiger partial charge is 0.298 e. The first-order chi connectivity index (χ1) is 9.73. The van der Waals surface area contributed by atoms with Crippen LogP contribution in [-0.4, -0.2) is 12.1 Å². The van der Waals surface area contributed by atoms with E-state index in [-0.39, 0.29) is 12.1 Å². The van der Waals surface area contributed by atoms with Crippen molar-refractivity contribution in [2.75, 3.05) is 0 Å². The van der Waals surface area contributed by atoms with Gasteiger partial charge in [-0.05, 0) is 24.0 Å². The Balaban J connectivity index is 2.54. The van der Waals surface area contributed by atoms with Crippen LogP contribution in [-0.2, 0) is 13.1 Å². The number of nitrogens with one attached hydrogen (secondary N) is 2. The smallest absolute Gasteiger partial charge is 0.0952 e. The van der Waals surface area contributed by atoms with E-state index in [1.807, 2.05) is 32.0 Å². The first kappa shape index (κ1) is 16.2. The van der Waals surface area contributed by atoms with E-state index < -0.39 is 0 Å². The van der Waals surface area contributed by atoms with Crippen molar-refractivity contribution >= 4 is 0 Å². The number of nitrogens with zero attached hydrogens (tertiary/aromatic N) is 2. The maximum absolute atomic E-state index is 8.91. The van der Waals surface area contributed by atoms with Gasteiger partial charge in [-0.1, -0.05) is 38.1 Å². The normalized spacial score (nSPS) is 13.2. The summed E-state index contributed by atoms with van der Waals surface area (Å²) in [6, 6.07) is 12.5. The third-order valence-corrected chi connectivity index (χ3v) is 3.22. The second-order valence-corrected chi connectivity index (χ2v) is 4.76. The summed E-state index contributed by atoms with van der Waals surface area (Å²) in [7, 11) is 0. The molecule has 0 fully saturated rings. The summed E-state index contributed by atoms with van der Waals surface area (Å²) in [4.78, 5) is 0. The number of nitriles is 2. The van der Waals surface area contributed by atoms with E-state index in [1.54, 1.807) is 0 Å². The summed E-state index contributed by atoms with van der Waals surface area (Å²) in [5.41, 5.74) is 2.31.